The molecule has 0 fully saturated rings. The summed E-state index contributed by atoms with van der Waals surface area (Å²) in [6.07, 6.45) is 6.35. The predicted octanol–water partition coefficient (Wildman–Crippen LogP) is 5.02. The van der Waals surface area contributed by atoms with Crippen molar-refractivity contribution in [2.45, 2.75) is 19.3 Å². The summed E-state index contributed by atoms with van der Waals surface area (Å²) in [5, 5.41) is 5.04. The van der Waals surface area contributed by atoms with Crippen LogP contribution in [-0.2, 0) is 11.2 Å². The third-order valence-electron chi connectivity index (χ3n) is 4.24. The van der Waals surface area contributed by atoms with Gasteiger partial charge in [-0.25, -0.2) is 4.98 Å². The maximum absolute atomic E-state index is 12.1. The second kappa shape index (κ2) is 7.54. The minimum absolute atomic E-state index is 0.0574. The molecule has 4 nitrogen and oxygen atoms in total. The van der Waals surface area contributed by atoms with Crippen molar-refractivity contribution in [1.82, 2.24) is 9.38 Å². The molecule has 5 heteroatoms. The molecule has 0 aliphatic rings. The Hall–Kier alpha value is -2.92. The molecule has 0 radical (unpaired) electrons. The highest BCUT2D eigenvalue weighted by Crippen LogP contribution is 2.21. The van der Waals surface area contributed by atoms with Crippen molar-refractivity contribution in [2.24, 2.45) is 0 Å². The first-order valence-corrected chi connectivity index (χ1v) is 9.52. The van der Waals surface area contributed by atoms with Gasteiger partial charge in [-0.15, -0.1) is 11.3 Å². The average molecular weight is 361 g/mol. The van der Waals surface area contributed by atoms with Crippen LogP contribution in [-0.4, -0.2) is 15.3 Å². The number of fused-ring (bicyclic) bond motifs is 1. The number of imidazole rings is 1. The highest BCUT2D eigenvalue weighted by Gasteiger charge is 2.06. The second-order valence-electron chi connectivity index (χ2n) is 6.15. The van der Waals surface area contributed by atoms with Gasteiger partial charge in [-0.3, -0.25) is 4.79 Å². The Morgan fingerprint density at radius 1 is 1.08 bits per heavy atom. The van der Waals surface area contributed by atoms with Gasteiger partial charge in [-0.2, -0.15) is 0 Å². The molecule has 1 N–H and O–H groups in total. The molecule has 0 saturated heterocycles. The van der Waals surface area contributed by atoms with Crippen LogP contribution in [0.4, 0.5) is 5.69 Å². The van der Waals surface area contributed by atoms with Crippen molar-refractivity contribution in [3.8, 4) is 11.3 Å². The summed E-state index contributed by atoms with van der Waals surface area (Å²) in [5.41, 5.74) is 3.69. The SMILES string of the molecule is O=C(CCCc1cccs1)Nc1ccc(-c2cn3ccccc3n2)cc1. The molecule has 4 aromatic rings. The van der Waals surface area contributed by atoms with Crippen LogP contribution < -0.4 is 5.32 Å². The second-order valence-corrected chi connectivity index (χ2v) is 7.18. The van der Waals surface area contributed by atoms with E-state index < -0.39 is 0 Å². The summed E-state index contributed by atoms with van der Waals surface area (Å²) >= 11 is 1.74. The van der Waals surface area contributed by atoms with Crippen molar-refractivity contribution in [3.63, 3.8) is 0 Å². The zero-order valence-electron chi connectivity index (χ0n) is 14.3. The Morgan fingerprint density at radius 2 is 1.96 bits per heavy atom. The summed E-state index contributed by atoms with van der Waals surface area (Å²) in [4.78, 5) is 18.0. The summed E-state index contributed by atoms with van der Waals surface area (Å²) in [5.74, 6) is 0.0574. The van der Waals surface area contributed by atoms with Gasteiger partial charge in [0.05, 0.1) is 5.69 Å². The molecule has 0 atom stereocenters. The number of benzene rings is 1. The smallest absolute Gasteiger partial charge is 0.224 e. The Kier molecular flexibility index (Phi) is 4.80. The highest BCUT2D eigenvalue weighted by atomic mass is 32.1. The molecule has 26 heavy (non-hydrogen) atoms. The van der Waals surface area contributed by atoms with E-state index >= 15 is 0 Å². The summed E-state index contributed by atoms with van der Waals surface area (Å²) < 4.78 is 2.00. The van der Waals surface area contributed by atoms with E-state index in [4.69, 9.17) is 0 Å². The number of hydrogen-bond acceptors (Lipinski definition) is 3. The van der Waals surface area contributed by atoms with E-state index in [-0.39, 0.29) is 5.91 Å². The molecule has 0 bridgehead atoms. The van der Waals surface area contributed by atoms with E-state index in [0.29, 0.717) is 6.42 Å². The van der Waals surface area contributed by atoms with Crippen LogP contribution in [0, 0.1) is 0 Å². The lowest BCUT2D eigenvalue weighted by Crippen LogP contribution is -2.11. The first kappa shape index (κ1) is 16.5. The molecule has 3 heterocycles. The fourth-order valence-electron chi connectivity index (χ4n) is 2.90. The van der Waals surface area contributed by atoms with E-state index in [2.05, 4.69) is 21.7 Å². The Morgan fingerprint density at radius 3 is 2.73 bits per heavy atom. The topological polar surface area (TPSA) is 46.4 Å². The molecule has 1 aromatic carbocycles. The fourth-order valence-corrected chi connectivity index (χ4v) is 3.65. The number of aryl methyl sites for hydroxylation is 1. The van der Waals surface area contributed by atoms with Gasteiger partial charge in [-0.05, 0) is 48.6 Å². The van der Waals surface area contributed by atoms with Crippen LogP contribution in [0.25, 0.3) is 16.9 Å². The largest absolute Gasteiger partial charge is 0.326 e. The third kappa shape index (κ3) is 3.83. The van der Waals surface area contributed by atoms with Crippen LogP contribution in [0.1, 0.15) is 17.7 Å². The summed E-state index contributed by atoms with van der Waals surface area (Å²) in [7, 11) is 0. The minimum Gasteiger partial charge on any atom is -0.326 e. The quantitative estimate of drug-likeness (QED) is 0.524. The first-order chi connectivity index (χ1) is 12.8. The zero-order chi connectivity index (χ0) is 17.8. The van der Waals surface area contributed by atoms with Gasteiger partial charge < -0.3 is 9.72 Å². The van der Waals surface area contributed by atoms with Crippen molar-refractivity contribution in [3.05, 3.63) is 77.2 Å². The number of amides is 1. The average Bonchev–Trinajstić information content (AvgIpc) is 3.31. The van der Waals surface area contributed by atoms with E-state index in [0.717, 1.165) is 35.4 Å². The van der Waals surface area contributed by atoms with E-state index in [9.17, 15) is 4.79 Å². The molecule has 0 spiro atoms. The number of thiophene rings is 1. The van der Waals surface area contributed by atoms with Gasteiger partial charge in [0.25, 0.3) is 0 Å². The molecule has 3 aromatic heterocycles. The monoisotopic (exact) mass is 361 g/mol. The number of pyridine rings is 1. The van der Waals surface area contributed by atoms with Crippen molar-refractivity contribution >= 4 is 28.6 Å². The van der Waals surface area contributed by atoms with E-state index in [1.54, 1.807) is 11.3 Å². The molecule has 0 aliphatic carbocycles. The molecule has 0 saturated carbocycles. The molecule has 130 valence electrons. The van der Waals surface area contributed by atoms with Gasteiger partial charge in [0.1, 0.15) is 5.65 Å². The number of anilines is 1. The molecular formula is C21H19N3OS. The number of nitrogens with zero attached hydrogens (tertiary/aromatic N) is 2. The molecular weight excluding hydrogens is 342 g/mol. The zero-order valence-corrected chi connectivity index (χ0v) is 15.1. The van der Waals surface area contributed by atoms with Crippen molar-refractivity contribution < 1.29 is 4.79 Å². The van der Waals surface area contributed by atoms with Crippen molar-refractivity contribution in [1.29, 1.82) is 0 Å². The summed E-state index contributed by atoms with van der Waals surface area (Å²) in [6, 6.07) is 17.9. The molecule has 1 amide bonds. The van der Waals surface area contributed by atoms with Crippen LogP contribution >= 0.6 is 11.3 Å². The van der Waals surface area contributed by atoms with Crippen LogP contribution in [0.5, 0.6) is 0 Å². The normalized spacial score (nSPS) is 10.9. The maximum Gasteiger partial charge on any atom is 0.224 e. The van der Waals surface area contributed by atoms with Gasteiger partial charge in [-0.1, -0.05) is 24.3 Å². The first-order valence-electron chi connectivity index (χ1n) is 8.64. The van der Waals surface area contributed by atoms with Gasteiger partial charge in [0.2, 0.25) is 5.91 Å². The number of rotatable bonds is 6. The van der Waals surface area contributed by atoms with E-state index in [1.807, 2.05) is 65.3 Å². The maximum atomic E-state index is 12.1. The standard InChI is InChI=1S/C21H19N3OS/c25-21(8-3-5-18-6-4-14-26-18)22-17-11-9-16(10-12-17)19-15-24-13-2-1-7-20(24)23-19/h1-2,4,6-7,9-15H,3,5,8H2,(H,22,25). The molecule has 0 unspecified atom stereocenters. The minimum atomic E-state index is 0.0574. The highest BCUT2D eigenvalue weighted by molar-refractivity contribution is 7.09. The molecule has 4 rings (SSSR count). The number of carbonyl (C=O) groups is 1. The lowest BCUT2D eigenvalue weighted by atomic mass is 10.1. The number of carbonyl (C=O) groups excluding carboxylic acids is 1. The Balaban J connectivity index is 1.35. The van der Waals surface area contributed by atoms with Crippen LogP contribution in [0.2, 0.25) is 0 Å². The Labute approximate surface area is 156 Å². The van der Waals surface area contributed by atoms with Crippen LogP contribution in [0.15, 0.2) is 72.4 Å². The van der Waals surface area contributed by atoms with Gasteiger partial charge >= 0.3 is 0 Å². The third-order valence-corrected chi connectivity index (χ3v) is 5.17. The lowest BCUT2D eigenvalue weighted by molar-refractivity contribution is -0.116. The fraction of sp³-hybridized carbons (Fsp3) is 0.143. The van der Waals surface area contributed by atoms with Gasteiger partial charge in [0.15, 0.2) is 0 Å². The van der Waals surface area contributed by atoms with Crippen molar-refractivity contribution in [2.75, 3.05) is 5.32 Å². The number of aromatic nitrogens is 2. The Bertz CT molecular complexity index is 970. The predicted molar refractivity (Wildman–Crippen MR) is 107 cm³/mol. The molecule has 0 aliphatic heterocycles. The number of nitrogens with one attached hydrogen (secondary N) is 1. The number of hydrogen-bond donors (Lipinski definition) is 1. The van der Waals surface area contributed by atoms with Crippen LogP contribution in [0.3, 0.4) is 0 Å². The van der Waals surface area contributed by atoms with Gasteiger partial charge in [0, 0.05) is 34.9 Å². The van der Waals surface area contributed by atoms with E-state index in [1.165, 1.54) is 4.88 Å². The summed E-state index contributed by atoms with van der Waals surface area (Å²) in [6.45, 7) is 0. The lowest BCUT2D eigenvalue weighted by Gasteiger charge is -2.05.